The first kappa shape index (κ1) is 71.4. The number of benzene rings is 15. The fourth-order valence-corrected chi connectivity index (χ4v) is 16.0. The highest BCUT2D eigenvalue weighted by Crippen LogP contribution is 2.53. The van der Waals surface area contributed by atoms with Gasteiger partial charge in [0.1, 0.15) is 59.5 Å². The van der Waals surface area contributed by atoms with Gasteiger partial charge < -0.3 is 90.2 Å². The molecule has 113 heavy (non-hydrogen) atoms. The van der Waals surface area contributed by atoms with Gasteiger partial charge in [-0.2, -0.15) is 0 Å². The highest BCUT2D eigenvalue weighted by molar-refractivity contribution is 6.29. The second-order valence-electron chi connectivity index (χ2n) is 27.6. The van der Waals surface area contributed by atoms with E-state index in [1.165, 1.54) is 0 Å². The van der Waals surface area contributed by atoms with E-state index in [0.717, 1.165) is 131 Å². The molecule has 0 bridgehead atoms. The lowest BCUT2D eigenvalue weighted by Gasteiger charge is -2.26. The lowest BCUT2D eigenvalue weighted by Crippen LogP contribution is -2.15. The maximum atomic E-state index is 6.82. The van der Waals surface area contributed by atoms with E-state index in [1.54, 1.807) is 35.5 Å². The van der Waals surface area contributed by atoms with Crippen molar-refractivity contribution in [2.45, 2.75) is 47.5 Å². The van der Waals surface area contributed by atoms with E-state index in [9.17, 15) is 0 Å². The summed E-state index contributed by atoms with van der Waals surface area (Å²) in [6, 6.07) is 62.2. The Kier molecular flexibility index (Phi) is 19.1. The molecule has 0 radical (unpaired) electrons. The number of methoxy groups -OCH3 is 5. The first-order valence-corrected chi connectivity index (χ1v) is 38.1. The van der Waals surface area contributed by atoms with Crippen LogP contribution < -0.4 is 90.2 Å². The molecular formula is C94H83NO18. The Hall–Kier alpha value is -13.2. The number of hydrogen-bond acceptors (Lipinski definition) is 19. The topological polar surface area (TPSA) is 169 Å². The summed E-state index contributed by atoms with van der Waals surface area (Å²) in [5.74, 6) is 11.5. The fraction of sp³-hybridized carbons (Fsp3) is 0.234. The lowest BCUT2D eigenvalue weighted by atomic mass is 9.93. The van der Waals surface area contributed by atoms with Gasteiger partial charge in [-0.15, -0.1) is 0 Å². The Morgan fingerprint density at radius 3 is 0.549 bits per heavy atom. The van der Waals surface area contributed by atoms with Gasteiger partial charge in [0.05, 0.1) is 62.0 Å². The van der Waals surface area contributed by atoms with Crippen LogP contribution in [-0.2, 0) is 19.8 Å². The second-order valence-corrected chi connectivity index (χ2v) is 27.6. The molecule has 0 fully saturated rings. The molecule has 18 rings (SSSR count). The van der Waals surface area contributed by atoms with Crippen molar-refractivity contribution in [1.82, 2.24) is 0 Å². The van der Waals surface area contributed by atoms with Crippen LogP contribution in [0.1, 0.15) is 44.4 Å². The minimum absolute atomic E-state index is 0.239. The average Bonchev–Trinajstić information content (AvgIpc) is 0.735. The quantitative estimate of drug-likeness (QED) is 0.0495. The van der Waals surface area contributed by atoms with Crippen LogP contribution in [0.4, 0.5) is 17.1 Å². The molecule has 572 valence electrons. The summed E-state index contributed by atoms with van der Waals surface area (Å²) < 4.78 is 112. The zero-order valence-electron chi connectivity index (χ0n) is 64.3. The number of anilines is 3. The van der Waals surface area contributed by atoms with Crippen molar-refractivity contribution in [3.63, 3.8) is 0 Å². The van der Waals surface area contributed by atoms with E-state index in [-0.39, 0.29) is 19.8 Å². The van der Waals surface area contributed by atoms with Crippen molar-refractivity contribution >= 4 is 114 Å². The molecule has 19 nitrogen and oxygen atoms in total. The van der Waals surface area contributed by atoms with Gasteiger partial charge in [0.2, 0.25) is 0 Å². The molecule has 15 aromatic carbocycles. The van der Waals surface area contributed by atoms with Gasteiger partial charge in [0.15, 0.2) is 103 Å². The van der Waals surface area contributed by atoms with Gasteiger partial charge in [0.25, 0.3) is 0 Å². The van der Waals surface area contributed by atoms with Crippen molar-refractivity contribution in [2.75, 3.05) is 107 Å². The van der Waals surface area contributed by atoms with E-state index < -0.39 is 0 Å². The zero-order valence-corrected chi connectivity index (χ0v) is 64.3. The van der Waals surface area contributed by atoms with E-state index in [0.29, 0.717) is 170 Å². The first-order chi connectivity index (χ1) is 55.5. The predicted octanol–water partition coefficient (Wildman–Crippen LogP) is 21.2. The molecule has 0 N–H and O–H groups in total. The molecule has 0 spiro atoms. The molecule has 15 aromatic rings. The van der Waals surface area contributed by atoms with Crippen LogP contribution in [0, 0.1) is 0 Å². The molecule has 0 aromatic heterocycles. The Morgan fingerprint density at radius 2 is 0.372 bits per heavy atom. The third-order valence-corrected chi connectivity index (χ3v) is 21.2. The van der Waals surface area contributed by atoms with Crippen LogP contribution in [0.25, 0.3) is 97.0 Å². The average molecular weight is 1510 g/mol. The number of rotatable bonds is 25. The summed E-state index contributed by atoms with van der Waals surface area (Å²) in [5, 5.41) is 17.3. The van der Waals surface area contributed by atoms with Crippen LogP contribution >= 0.6 is 0 Å². The lowest BCUT2D eigenvalue weighted by molar-refractivity contribution is 0.172. The summed E-state index contributed by atoms with van der Waals surface area (Å²) in [4.78, 5) is 2.23. The molecule has 0 amide bonds. The van der Waals surface area contributed by atoms with Gasteiger partial charge in [0, 0.05) is 17.1 Å². The largest absolute Gasteiger partial charge is 0.493 e. The summed E-state index contributed by atoms with van der Waals surface area (Å²) in [6.45, 7) is 13.3. The Balaban J connectivity index is 0.677. The van der Waals surface area contributed by atoms with E-state index >= 15 is 0 Å². The fourth-order valence-electron chi connectivity index (χ4n) is 16.0. The first-order valence-electron chi connectivity index (χ1n) is 38.1. The van der Waals surface area contributed by atoms with E-state index in [1.807, 2.05) is 64.1 Å². The van der Waals surface area contributed by atoms with Crippen molar-refractivity contribution in [2.24, 2.45) is 0 Å². The van der Waals surface area contributed by atoms with Crippen LogP contribution in [0.3, 0.4) is 0 Å². The SMILES string of the molecule is CCOc1cc2c3cc(OC)c(OCc4ccc(N(c5ccc(COc6cc7c(cc6OC)c6cc(OC)c(OC)cc6c6cc8c(cc76)OCCO8)cc5)c5ccc(COc6cc7c(cc6OC)c6cc(OCC)c(OCC)cc6c6cc8c(cc76)OCCO8)cc5)cc4)cc3c3cc4c(cc3c2cc1OCC)OCCO4. The Labute approximate surface area is 652 Å². The van der Waals surface area contributed by atoms with Crippen molar-refractivity contribution < 1.29 is 85.3 Å². The Morgan fingerprint density at radius 1 is 0.212 bits per heavy atom. The van der Waals surface area contributed by atoms with Gasteiger partial charge in [-0.3, -0.25) is 0 Å². The molecule has 0 saturated carbocycles. The highest BCUT2D eigenvalue weighted by Gasteiger charge is 2.27. The van der Waals surface area contributed by atoms with Crippen molar-refractivity contribution in [1.29, 1.82) is 0 Å². The molecule has 3 aliphatic heterocycles. The molecular weight excluding hydrogens is 1430 g/mol. The predicted molar refractivity (Wildman–Crippen MR) is 441 cm³/mol. The second kappa shape index (κ2) is 30.3. The van der Waals surface area contributed by atoms with Crippen LogP contribution in [0.2, 0.25) is 0 Å². The van der Waals surface area contributed by atoms with Gasteiger partial charge in [-0.05, 0) is 287 Å². The molecule has 19 heteroatoms. The van der Waals surface area contributed by atoms with Gasteiger partial charge >= 0.3 is 0 Å². The number of hydrogen-bond donors (Lipinski definition) is 0. The molecule has 3 heterocycles. The summed E-state index contributed by atoms with van der Waals surface area (Å²) in [6.07, 6.45) is 0. The van der Waals surface area contributed by atoms with Crippen molar-refractivity contribution in [3.8, 4) is 103 Å². The number of fused-ring (bicyclic) bond motifs is 21. The smallest absolute Gasteiger partial charge is 0.162 e. The standard InChI is InChI=1S/C94H83NO18/c1-10-101-85-40-67-62-35-80(99-8)83(38-65(62)73-46-91-93(109-30-28-107-91)48-75(73)69(67)42-87(85)103-12-3)112-51-54-16-22-57(23-17-54)95(56-20-14-53(15-21-56)50-111-82-37-64-61(34-79(82)98-7)59-32-77(96-5)78(97-6)33-60(59)71-44-89-90(45-72(64)71)106-27-26-105-89)58-24-18-55(19-25-58)52-113-84-39-66-63(36-81(84)100-9)68-41-86(102-11-2)88(104-13-4)43-70(68)76-49-94-92(47-74(66)76)108-29-31-110-94/h14-25,32-49H,10-13,26-31,50-52H2,1-9H3. The third-order valence-electron chi connectivity index (χ3n) is 21.2. The van der Waals surface area contributed by atoms with Crippen LogP contribution in [-0.4, -0.2) is 102 Å². The highest BCUT2D eigenvalue weighted by atomic mass is 16.6. The maximum Gasteiger partial charge on any atom is 0.162 e. The maximum absolute atomic E-state index is 6.82. The summed E-state index contributed by atoms with van der Waals surface area (Å²) in [7, 11) is 8.28. The number of nitrogens with zero attached hydrogens (tertiary/aromatic N) is 1. The molecule has 0 atom stereocenters. The minimum atomic E-state index is 0.239. The minimum Gasteiger partial charge on any atom is -0.493 e. The van der Waals surface area contributed by atoms with E-state index in [4.69, 9.17) is 85.3 Å². The van der Waals surface area contributed by atoms with Crippen molar-refractivity contribution in [3.05, 3.63) is 199 Å². The summed E-state index contributed by atoms with van der Waals surface area (Å²) >= 11 is 0. The molecule has 0 aliphatic carbocycles. The normalized spacial score (nSPS) is 12.9. The zero-order chi connectivity index (χ0) is 77.0. The molecule has 3 aliphatic rings. The summed E-state index contributed by atoms with van der Waals surface area (Å²) in [5.41, 5.74) is 5.54. The number of ether oxygens (including phenoxy) is 18. The Bertz CT molecular complexity index is 5960. The third kappa shape index (κ3) is 13.0. The van der Waals surface area contributed by atoms with Gasteiger partial charge in [-0.25, -0.2) is 0 Å². The molecule has 0 unspecified atom stereocenters. The monoisotopic (exact) mass is 1510 g/mol. The van der Waals surface area contributed by atoms with Crippen LogP contribution in [0.5, 0.6) is 103 Å². The van der Waals surface area contributed by atoms with E-state index in [2.05, 4.69) is 150 Å². The van der Waals surface area contributed by atoms with Gasteiger partial charge in [-0.1, -0.05) is 36.4 Å². The molecule has 0 saturated heterocycles. The van der Waals surface area contributed by atoms with Crippen LogP contribution in [0.15, 0.2) is 182 Å².